The van der Waals surface area contributed by atoms with Gasteiger partial charge in [0.25, 0.3) is 0 Å². The number of likely N-dealkylation sites (N-methyl/N-ethyl adjacent to an activating group) is 1. The van der Waals surface area contributed by atoms with Crippen molar-refractivity contribution < 1.29 is 24.5 Å². The van der Waals surface area contributed by atoms with Crippen LogP contribution in [0.5, 0.6) is 0 Å². The lowest BCUT2D eigenvalue weighted by Crippen LogP contribution is -2.39. The van der Waals surface area contributed by atoms with Crippen molar-refractivity contribution in [1.29, 1.82) is 0 Å². The number of rotatable bonds is 6. The zero-order chi connectivity index (χ0) is 17.1. The van der Waals surface area contributed by atoms with E-state index in [0.717, 1.165) is 13.0 Å². The number of ether oxygens (including phenoxy) is 1. The van der Waals surface area contributed by atoms with Crippen LogP contribution in [-0.2, 0) is 20.7 Å². The van der Waals surface area contributed by atoms with Gasteiger partial charge in [-0.1, -0.05) is 30.3 Å². The van der Waals surface area contributed by atoms with E-state index in [1.54, 1.807) is 0 Å². The molecule has 1 aromatic rings. The van der Waals surface area contributed by atoms with Crippen molar-refractivity contribution in [2.75, 3.05) is 13.7 Å². The monoisotopic (exact) mass is 321 g/mol. The molecule has 6 heteroatoms. The Balaban J connectivity index is 0.000000284. The summed E-state index contributed by atoms with van der Waals surface area (Å²) in [4.78, 5) is 19.1. The first-order valence-corrected chi connectivity index (χ1v) is 7.49. The van der Waals surface area contributed by atoms with E-state index in [2.05, 4.69) is 35.6 Å². The number of carboxylic acid groups (broad SMARTS) is 2. The lowest BCUT2D eigenvalue weighted by molar-refractivity contribution is -0.134. The van der Waals surface area contributed by atoms with Crippen molar-refractivity contribution in [2.45, 2.75) is 31.4 Å². The van der Waals surface area contributed by atoms with E-state index in [1.807, 2.05) is 7.05 Å². The number of nitrogens with one attached hydrogen (secondary N) is 1. The maximum atomic E-state index is 9.55. The van der Waals surface area contributed by atoms with Gasteiger partial charge in [-0.3, -0.25) is 0 Å². The molecule has 0 aliphatic carbocycles. The quantitative estimate of drug-likeness (QED) is 0.690. The standard InChI is InChI=1S/C13H19NO.C4H4O4/c1-14-12(13-8-5-9-15-13)10-11-6-3-2-4-7-11;5-3(6)1-2-4(7)8/h2-4,6-7,12-14H,5,8-10H2,1H3;1-2H,(H,5,6)(H,7,8). The molecule has 0 bridgehead atoms. The van der Waals surface area contributed by atoms with Crippen molar-refractivity contribution in [3.8, 4) is 0 Å². The first-order chi connectivity index (χ1) is 11.0. The third-order valence-corrected chi connectivity index (χ3v) is 3.45. The van der Waals surface area contributed by atoms with Crippen molar-refractivity contribution in [2.24, 2.45) is 0 Å². The number of hydrogen-bond acceptors (Lipinski definition) is 4. The minimum atomic E-state index is -1.26. The molecule has 2 unspecified atom stereocenters. The lowest BCUT2D eigenvalue weighted by Gasteiger charge is -2.22. The number of benzene rings is 1. The lowest BCUT2D eigenvalue weighted by atomic mass is 10.00. The summed E-state index contributed by atoms with van der Waals surface area (Å²) in [6.07, 6.45) is 4.97. The van der Waals surface area contributed by atoms with Gasteiger partial charge in [-0.15, -0.1) is 0 Å². The molecule has 1 aliphatic heterocycles. The molecule has 23 heavy (non-hydrogen) atoms. The van der Waals surface area contributed by atoms with Crippen LogP contribution in [0.15, 0.2) is 42.5 Å². The first kappa shape index (κ1) is 18.9. The second-order valence-corrected chi connectivity index (χ2v) is 5.15. The predicted molar refractivity (Wildman–Crippen MR) is 86.4 cm³/mol. The van der Waals surface area contributed by atoms with Crippen LogP contribution in [0.3, 0.4) is 0 Å². The summed E-state index contributed by atoms with van der Waals surface area (Å²) in [6, 6.07) is 11.1. The molecule has 0 saturated carbocycles. The van der Waals surface area contributed by atoms with E-state index in [-0.39, 0.29) is 0 Å². The Morgan fingerprint density at radius 1 is 1.26 bits per heavy atom. The average molecular weight is 321 g/mol. The Morgan fingerprint density at radius 3 is 2.30 bits per heavy atom. The summed E-state index contributed by atoms with van der Waals surface area (Å²) >= 11 is 0. The van der Waals surface area contributed by atoms with Gasteiger partial charge < -0.3 is 20.3 Å². The number of carboxylic acids is 2. The Morgan fingerprint density at radius 2 is 1.87 bits per heavy atom. The van der Waals surface area contributed by atoms with E-state index in [1.165, 1.54) is 18.4 Å². The minimum Gasteiger partial charge on any atom is -0.478 e. The first-order valence-electron chi connectivity index (χ1n) is 7.49. The molecule has 1 saturated heterocycles. The molecule has 126 valence electrons. The Bertz CT molecular complexity index is 493. The van der Waals surface area contributed by atoms with Crippen LogP contribution >= 0.6 is 0 Å². The molecule has 2 atom stereocenters. The van der Waals surface area contributed by atoms with Crippen LogP contribution in [0.1, 0.15) is 18.4 Å². The van der Waals surface area contributed by atoms with Crippen LogP contribution in [0.25, 0.3) is 0 Å². The highest BCUT2D eigenvalue weighted by atomic mass is 16.5. The van der Waals surface area contributed by atoms with Crippen molar-refractivity contribution in [3.05, 3.63) is 48.0 Å². The van der Waals surface area contributed by atoms with Crippen LogP contribution in [0.4, 0.5) is 0 Å². The molecule has 1 aromatic carbocycles. The van der Waals surface area contributed by atoms with E-state index >= 15 is 0 Å². The van der Waals surface area contributed by atoms with Gasteiger partial charge in [0.1, 0.15) is 0 Å². The number of carbonyl (C=O) groups is 2. The van der Waals surface area contributed by atoms with Gasteiger partial charge >= 0.3 is 11.9 Å². The van der Waals surface area contributed by atoms with E-state index in [0.29, 0.717) is 24.3 Å². The molecular formula is C17H23NO5. The highest BCUT2D eigenvalue weighted by Gasteiger charge is 2.24. The third-order valence-electron chi connectivity index (χ3n) is 3.45. The maximum Gasteiger partial charge on any atom is 0.328 e. The molecule has 0 aromatic heterocycles. The van der Waals surface area contributed by atoms with Gasteiger partial charge in [-0.25, -0.2) is 9.59 Å². The van der Waals surface area contributed by atoms with E-state index < -0.39 is 11.9 Å². The number of hydrogen-bond donors (Lipinski definition) is 3. The summed E-state index contributed by atoms with van der Waals surface area (Å²) in [5, 5.41) is 19.0. The van der Waals surface area contributed by atoms with Crippen LogP contribution in [0.2, 0.25) is 0 Å². The molecule has 3 N–H and O–H groups in total. The smallest absolute Gasteiger partial charge is 0.328 e. The summed E-state index contributed by atoms with van der Waals surface area (Å²) in [7, 11) is 2.02. The van der Waals surface area contributed by atoms with Gasteiger partial charge in [0.2, 0.25) is 0 Å². The second-order valence-electron chi connectivity index (χ2n) is 5.15. The van der Waals surface area contributed by atoms with E-state index in [4.69, 9.17) is 14.9 Å². The van der Waals surface area contributed by atoms with Gasteiger partial charge in [-0.2, -0.15) is 0 Å². The Labute approximate surface area is 135 Å². The number of aliphatic carboxylic acids is 2. The average Bonchev–Trinajstić information content (AvgIpc) is 3.06. The maximum absolute atomic E-state index is 9.55. The molecule has 0 radical (unpaired) electrons. The molecule has 2 rings (SSSR count). The van der Waals surface area contributed by atoms with Gasteiger partial charge in [0.15, 0.2) is 0 Å². The fraction of sp³-hybridized carbons (Fsp3) is 0.412. The highest BCUT2D eigenvalue weighted by Crippen LogP contribution is 2.18. The topological polar surface area (TPSA) is 95.9 Å². The minimum absolute atomic E-state index is 0.398. The Kier molecular flexibility index (Phi) is 8.64. The third kappa shape index (κ3) is 8.13. The second kappa shape index (κ2) is 10.5. The summed E-state index contributed by atoms with van der Waals surface area (Å²) < 4.78 is 5.72. The normalized spacial score (nSPS) is 18.2. The SMILES string of the molecule is CNC(Cc1ccccc1)C1CCCO1.O=C(O)C=CC(=O)O. The zero-order valence-corrected chi connectivity index (χ0v) is 13.1. The molecule has 0 amide bonds. The van der Waals surface area contributed by atoms with E-state index in [9.17, 15) is 9.59 Å². The molecule has 1 aliphatic rings. The fourth-order valence-corrected chi connectivity index (χ4v) is 2.35. The van der Waals surface area contributed by atoms with Crippen molar-refractivity contribution in [1.82, 2.24) is 5.32 Å². The zero-order valence-electron chi connectivity index (χ0n) is 13.1. The Hall–Kier alpha value is -2.18. The van der Waals surface area contributed by atoms with Crippen LogP contribution in [-0.4, -0.2) is 48.0 Å². The van der Waals surface area contributed by atoms with Crippen molar-refractivity contribution in [3.63, 3.8) is 0 Å². The molecule has 6 nitrogen and oxygen atoms in total. The van der Waals surface area contributed by atoms with Gasteiger partial charge in [0, 0.05) is 24.8 Å². The molecular weight excluding hydrogens is 298 g/mol. The summed E-state index contributed by atoms with van der Waals surface area (Å²) in [5.41, 5.74) is 1.38. The van der Waals surface area contributed by atoms with Crippen molar-refractivity contribution >= 4 is 11.9 Å². The van der Waals surface area contributed by atoms with Gasteiger partial charge in [0.05, 0.1) is 6.10 Å². The molecule has 1 heterocycles. The van der Waals surface area contributed by atoms with Crippen LogP contribution < -0.4 is 5.32 Å². The van der Waals surface area contributed by atoms with Crippen LogP contribution in [0, 0.1) is 0 Å². The summed E-state index contributed by atoms with van der Waals surface area (Å²) in [6.45, 7) is 0.928. The largest absolute Gasteiger partial charge is 0.478 e. The fourth-order valence-electron chi connectivity index (χ4n) is 2.35. The molecule has 1 fully saturated rings. The highest BCUT2D eigenvalue weighted by molar-refractivity contribution is 5.89. The van der Waals surface area contributed by atoms with Gasteiger partial charge in [-0.05, 0) is 31.9 Å². The molecule has 0 spiro atoms. The summed E-state index contributed by atoms with van der Waals surface area (Å²) in [5.74, 6) is -2.51. The predicted octanol–water partition coefficient (Wildman–Crippen LogP) is 1.71.